The zero-order chi connectivity index (χ0) is 13.9. The molecule has 0 atom stereocenters. The van der Waals surface area contributed by atoms with E-state index in [4.69, 9.17) is 12.2 Å². The first-order chi connectivity index (χ1) is 9.75. The van der Waals surface area contributed by atoms with Crippen molar-refractivity contribution in [1.82, 2.24) is 9.55 Å². The van der Waals surface area contributed by atoms with Gasteiger partial charge in [0, 0.05) is 6.42 Å². The van der Waals surface area contributed by atoms with Gasteiger partial charge in [-0.15, -0.1) is 0 Å². The average Bonchev–Trinajstić information content (AvgIpc) is 2.82. The number of carbonyl (C=O) groups excluding carboxylic acids is 1. The number of imidazole rings is 1. The Morgan fingerprint density at radius 2 is 1.75 bits per heavy atom. The standard InChI is InChI=1S/C16H14N2OS/c19-15(11-10-12-6-2-1-3-7-12)18-14-9-5-4-8-13(14)17-16(18)20/h1-9H,10-11H2,(H,17,20). The highest BCUT2D eigenvalue weighted by Crippen LogP contribution is 2.14. The Kier molecular flexibility index (Phi) is 3.48. The zero-order valence-electron chi connectivity index (χ0n) is 10.9. The Morgan fingerprint density at radius 3 is 2.55 bits per heavy atom. The summed E-state index contributed by atoms with van der Waals surface area (Å²) in [7, 11) is 0. The number of fused-ring (bicyclic) bond motifs is 1. The Morgan fingerprint density at radius 1 is 1.05 bits per heavy atom. The molecule has 0 radical (unpaired) electrons. The van der Waals surface area contributed by atoms with Gasteiger partial charge < -0.3 is 4.98 Å². The van der Waals surface area contributed by atoms with Crippen LogP contribution in [-0.4, -0.2) is 15.5 Å². The second-order valence-electron chi connectivity index (χ2n) is 4.66. The second kappa shape index (κ2) is 5.43. The van der Waals surface area contributed by atoms with Crippen LogP contribution in [-0.2, 0) is 6.42 Å². The fourth-order valence-corrected chi connectivity index (χ4v) is 2.62. The van der Waals surface area contributed by atoms with Crippen molar-refractivity contribution in [3.63, 3.8) is 0 Å². The minimum atomic E-state index is 0.0244. The lowest BCUT2D eigenvalue weighted by Crippen LogP contribution is -2.11. The summed E-state index contributed by atoms with van der Waals surface area (Å²) in [6.45, 7) is 0. The quantitative estimate of drug-likeness (QED) is 0.738. The number of aromatic nitrogens is 2. The highest BCUT2D eigenvalue weighted by molar-refractivity contribution is 7.71. The summed E-state index contributed by atoms with van der Waals surface area (Å²) in [5, 5.41) is 0. The van der Waals surface area contributed by atoms with Crippen molar-refractivity contribution in [2.45, 2.75) is 12.8 Å². The van der Waals surface area contributed by atoms with Crippen LogP contribution < -0.4 is 0 Å². The predicted octanol–water partition coefficient (Wildman–Crippen LogP) is 3.97. The number of aromatic amines is 1. The molecular formula is C16H14N2OS. The molecule has 3 rings (SSSR count). The first-order valence-electron chi connectivity index (χ1n) is 6.52. The average molecular weight is 282 g/mol. The molecule has 0 fully saturated rings. The fourth-order valence-electron chi connectivity index (χ4n) is 2.31. The molecule has 3 nitrogen and oxygen atoms in total. The maximum absolute atomic E-state index is 12.4. The van der Waals surface area contributed by atoms with Crippen LogP contribution in [0.25, 0.3) is 11.0 Å². The van der Waals surface area contributed by atoms with E-state index in [9.17, 15) is 4.79 Å². The number of hydrogen-bond acceptors (Lipinski definition) is 2. The molecule has 0 aliphatic heterocycles. The van der Waals surface area contributed by atoms with Crippen LogP contribution in [0.15, 0.2) is 54.6 Å². The van der Waals surface area contributed by atoms with Gasteiger partial charge in [-0.25, -0.2) is 0 Å². The lowest BCUT2D eigenvalue weighted by Gasteiger charge is -2.03. The minimum absolute atomic E-state index is 0.0244. The summed E-state index contributed by atoms with van der Waals surface area (Å²) in [6.07, 6.45) is 1.17. The molecule has 1 heterocycles. The van der Waals surface area contributed by atoms with Crippen LogP contribution in [0.1, 0.15) is 16.8 Å². The topological polar surface area (TPSA) is 37.8 Å². The maximum Gasteiger partial charge on any atom is 0.233 e. The molecule has 0 bridgehead atoms. The van der Waals surface area contributed by atoms with E-state index < -0.39 is 0 Å². The highest BCUT2D eigenvalue weighted by atomic mass is 32.1. The van der Waals surface area contributed by atoms with Crippen molar-refractivity contribution in [1.29, 1.82) is 0 Å². The minimum Gasteiger partial charge on any atom is -0.330 e. The van der Waals surface area contributed by atoms with Gasteiger partial charge in [0.05, 0.1) is 11.0 Å². The normalized spacial score (nSPS) is 10.8. The zero-order valence-corrected chi connectivity index (χ0v) is 11.7. The van der Waals surface area contributed by atoms with E-state index in [1.807, 2.05) is 54.6 Å². The van der Waals surface area contributed by atoms with Gasteiger partial charge in [0.25, 0.3) is 0 Å². The summed E-state index contributed by atoms with van der Waals surface area (Å²) in [4.78, 5) is 15.5. The monoisotopic (exact) mass is 282 g/mol. The van der Waals surface area contributed by atoms with E-state index in [0.29, 0.717) is 11.2 Å². The van der Waals surface area contributed by atoms with Crippen LogP contribution in [0, 0.1) is 4.77 Å². The van der Waals surface area contributed by atoms with Gasteiger partial charge in [-0.1, -0.05) is 42.5 Å². The Hall–Kier alpha value is -2.20. The Labute approximate surface area is 121 Å². The summed E-state index contributed by atoms with van der Waals surface area (Å²) in [6, 6.07) is 17.7. The largest absolute Gasteiger partial charge is 0.330 e. The smallest absolute Gasteiger partial charge is 0.233 e. The van der Waals surface area contributed by atoms with Crippen molar-refractivity contribution < 1.29 is 4.79 Å². The number of H-pyrrole nitrogens is 1. The van der Waals surface area contributed by atoms with Gasteiger partial charge in [-0.3, -0.25) is 9.36 Å². The van der Waals surface area contributed by atoms with Crippen LogP contribution in [0.5, 0.6) is 0 Å². The molecule has 0 saturated carbocycles. The Bertz CT molecular complexity index is 802. The van der Waals surface area contributed by atoms with Crippen molar-refractivity contribution in [3.05, 3.63) is 64.9 Å². The van der Waals surface area contributed by atoms with Crippen molar-refractivity contribution in [2.24, 2.45) is 0 Å². The van der Waals surface area contributed by atoms with Gasteiger partial charge in [-0.2, -0.15) is 0 Å². The van der Waals surface area contributed by atoms with Crippen LogP contribution in [0.2, 0.25) is 0 Å². The second-order valence-corrected chi connectivity index (χ2v) is 5.05. The van der Waals surface area contributed by atoms with Crippen molar-refractivity contribution in [3.8, 4) is 0 Å². The predicted molar refractivity (Wildman–Crippen MR) is 82.5 cm³/mol. The van der Waals surface area contributed by atoms with Gasteiger partial charge in [0.1, 0.15) is 0 Å². The summed E-state index contributed by atoms with van der Waals surface area (Å²) in [5.41, 5.74) is 2.90. The van der Waals surface area contributed by atoms with Crippen LogP contribution >= 0.6 is 12.2 Å². The molecule has 0 aliphatic rings. The molecule has 1 aromatic heterocycles. The Balaban J connectivity index is 1.86. The fraction of sp³-hybridized carbons (Fsp3) is 0.125. The summed E-state index contributed by atoms with van der Waals surface area (Å²) >= 11 is 5.25. The van der Waals surface area contributed by atoms with E-state index in [1.165, 1.54) is 0 Å². The molecule has 0 aliphatic carbocycles. The van der Waals surface area contributed by atoms with Gasteiger partial charge in [-0.05, 0) is 36.3 Å². The lowest BCUT2D eigenvalue weighted by molar-refractivity contribution is 0.0906. The highest BCUT2D eigenvalue weighted by Gasteiger charge is 2.11. The number of nitrogens with zero attached hydrogens (tertiary/aromatic N) is 1. The van der Waals surface area contributed by atoms with Gasteiger partial charge >= 0.3 is 0 Å². The number of aryl methyl sites for hydroxylation is 1. The van der Waals surface area contributed by atoms with Gasteiger partial charge in [0.15, 0.2) is 4.77 Å². The van der Waals surface area contributed by atoms with Crippen molar-refractivity contribution in [2.75, 3.05) is 0 Å². The molecule has 100 valence electrons. The third-order valence-electron chi connectivity index (χ3n) is 3.31. The van der Waals surface area contributed by atoms with E-state index >= 15 is 0 Å². The number of carbonyl (C=O) groups is 1. The molecule has 20 heavy (non-hydrogen) atoms. The van der Waals surface area contributed by atoms with E-state index in [1.54, 1.807) is 4.57 Å². The number of rotatable bonds is 3. The van der Waals surface area contributed by atoms with Crippen molar-refractivity contribution >= 4 is 29.2 Å². The molecule has 4 heteroatoms. The molecule has 3 aromatic rings. The summed E-state index contributed by atoms with van der Waals surface area (Å²) < 4.78 is 2.05. The van der Waals surface area contributed by atoms with Crippen LogP contribution in [0.4, 0.5) is 0 Å². The first kappa shape index (κ1) is 12.8. The molecule has 0 saturated heterocycles. The molecule has 0 spiro atoms. The maximum atomic E-state index is 12.4. The molecule has 2 aromatic carbocycles. The lowest BCUT2D eigenvalue weighted by atomic mass is 10.1. The van der Waals surface area contributed by atoms with E-state index in [-0.39, 0.29) is 5.91 Å². The molecule has 0 amide bonds. The number of benzene rings is 2. The number of hydrogen-bond donors (Lipinski definition) is 1. The van der Waals surface area contributed by atoms with E-state index in [2.05, 4.69) is 4.98 Å². The van der Waals surface area contributed by atoms with E-state index in [0.717, 1.165) is 23.0 Å². The third kappa shape index (κ3) is 2.42. The summed E-state index contributed by atoms with van der Waals surface area (Å²) in [5.74, 6) is 0.0244. The SMILES string of the molecule is O=C(CCc1ccccc1)n1c(=S)[nH]c2ccccc21. The molecule has 1 N–H and O–H groups in total. The molecule has 0 unspecified atom stereocenters. The molecular weight excluding hydrogens is 268 g/mol. The number of para-hydroxylation sites is 2. The number of nitrogens with one attached hydrogen (secondary N) is 1. The third-order valence-corrected chi connectivity index (χ3v) is 3.59. The first-order valence-corrected chi connectivity index (χ1v) is 6.93. The van der Waals surface area contributed by atoms with Crippen LogP contribution in [0.3, 0.4) is 0 Å². The van der Waals surface area contributed by atoms with Gasteiger partial charge in [0.2, 0.25) is 5.91 Å².